The van der Waals surface area contributed by atoms with E-state index >= 15 is 0 Å². The molecule has 1 amide bonds. The molecule has 28 heavy (non-hydrogen) atoms. The van der Waals surface area contributed by atoms with Gasteiger partial charge in [0.25, 0.3) is 5.56 Å². The molecule has 0 atom stereocenters. The monoisotopic (exact) mass is 473 g/mol. The first-order valence-electron chi connectivity index (χ1n) is 8.31. The number of hydrogen-bond acceptors (Lipinski definition) is 5. The zero-order valence-corrected chi connectivity index (χ0v) is 17.0. The molecule has 0 saturated carbocycles. The van der Waals surface area contributed by atoms with Crippen LogP contribution in [-0.2, 0) is 26.1 Å². The quantitative estimate of drug-likeness (QED) is 0.707. The van der Waals surface area contributed by atoms with E-state index in [0.717, 1.165) is 16.4 Å². The number of aromatic nitrogens is 1. The minimum Gasteiger partial charge on any atom is -0.379 e. The summed E-state index contributed by atoms with van der Waals surface area (Å²) in [6, 6.07) is 6.17. The van der Waals surface area contributed by atoms with E-state index in [1.807, 2.05) is 0 Å². The number of benzene rings is 1. The number of pyridine rings is 1. The van der Waals surface area contributed by atoms with Gasteiger partial charge in [-0.1, -0.05) is 0 Å². The number of halogens is 2. The summed E-state index contributed by atoms with van der Waals surface area (Å²) in [6.45, 7) is 0.451. The molecule has 150 valence electrons. The average molecular weight is 474 g/mol. The van der Waals surface area contributed by atoms with Crippen LogP contribution in [-0.4, -0.2) is 49.5 Å². The largest absolute Gasteiger partial charge is 0.379 e. The van der Waals surface area contributed by atoms with Crippen LogP contribution in [0.1, 0.15) is 0 Å². The summed E-state index contributed by atoms with van der Waals surface area (Å²) in [4.78, 5) is 23.5. The number of nitrogens with zero attached hydrogens (tertiary/aromatic N) is 2. The predicted molar refractivity (Wildman–Crippen MR) is 103 cm³/mol. The molecule has 1 fully saturated rings. The zero-order chi connectivity index (χ0) is 20.3. The minimum absolute atomic E-state index is 0.112. The van der Waals surface area contributed by atoms with Gasteiger partial charge in [0.05, 0.1) is 13.2 Å². The molecule has 1 N–H and O–H groups in total. The molecule has 0 unspecified atom stereocenters. The fourth-order valence-corrected chi connectivity index (χ4v) is 4.56. The molecular formula is C17H17BrFN3O5S. The topological polar surface area (TPSA) is 97.7 Å². The highest BCUT2D eigenvalue weighted by atomic mass is 79.9. The van der Waals surface area contributed by atoms with Gasteiger partial charge in [-0.15, -0.1) is 0 Å². The Labute approximate surface area is 169 Å². The van der Waals surface area contributed by atoms with Crippen molar-refractivity contribution in [1.82, 2.24) is 8.87 Å². The minimum atomic E-state index is -4.06. The Balaban J connectivity index is 1.80. The van der Waals surface area contributed by atoms with Gasteiger partial charge in [-0.25, -0.2) is 12.8 Å². The lowest BCUT2D eigenvalue weighted by Gasteiger charge is -2.26. The van der Waals surface area contributed by atoms with E-state index in [0.29, 0.717) is 4.47 Å². The molecule has 0 bridgehead atoms. The van der Waals surface area contributed by atoms with Crippen molar-refractivity contribution in [2.24, 2.45) is 0 Å². The van der Waals surface area contributed by atoms with E-state index in [2.05, 4.69) is 21.2 Å². The molecular weight excluding hydrogens is 457 g/mol. The number of carbonyl (C=O) groups is 1. The number of nitrogens with one attached hydrogen (secondary N) is 1. The van der Waals surface area contributed by atoms with Crippen molar-refractivity contribution in [2.75, 3.05) is 31.6 Å². The first-order chi connectivity index (χ1) is 13.3. The summed E-state index contributed by atoms with van der Waals surface area (Å²) in [5.74, 6) is -1.46. The van der Waals surface area contributed by atoms with Crippen molar-refractivity contribution in [3.05, 3.63) is 57.2 Å². The Hall–Kier alpha value is -2.08. The van der Waals surface area contributed by atoms with Gasteiger partial charge in [-0.05, 0) is 40.2 Å². The number of sulfonamides is 1. The fourth-order valence-electron chi connectivity index (χ4n) is 2.69. The molecule has 1 aliphatic rings. The van der Waals surface area contributed by atoms with Crippen LogP contribution in [0.3, 0.4) is 0 Å². The van der Waals surface area contributed by atoms with Gasteiger partial charge < -0.3 is 14.6 Å². The molecule has 0 aliphatic carbocycles. The van der Waals surface area contributed by atoms with E-state index in [9.17, 15) is 22.4 Å². The summed E-state index contributed by atoms with van der Waals surface area (Å²) in [5.41, 5.74) is -0.255. The SMILES string of the molecule is O=C(Cn1cc(Br)ccc1=O)Nc1ccc(F)c(S(=O)(=O)N2CCOCC2)c1. The maximum atomic E-state index is 14.2. The molecule has 1 aromatic carbocycles. The lowest BCUT2D eigenvalue weighted by Crippen LogP contribution is -2.40. The molecule has 1 saturated heterocycles. The molecule has 0 spiro atoms. The third-order valence-electron chi connectivity index (χ3n) is 4.06. The third kappa shape index (κ3) is 4.66. The number of morpholine rings is 1. The second kappa shape index (κ2) is 8.52. The number of amides is 1. The lowest BCUT2D eigenvalue weighted by molar-refractivity contribution is -0.116. The van der Waals surface area contributed by atoms with Crippen molar-refractivity contribution in [1.29, 1.82) is 0 Å². The van der Waals surface area contributed by atoms with E-state index in [1.165, 1.54) is 22.9 Å². The van der Waals surface area contributed by atoms with Crippen LogP contribution in [0.4, 0.5) is 10.1 Å². The Morgan fingerprint density at radius 3 is 2.64 bits per heavy atom. The molecule has 3 rings (SSSR count). The lowest BCUT2D eigenvalue weighted by atomic mass is 10.3. The molecule has 2 aromatic rings. The second-order valence-electron chi connectivity index (χ2n) is 6.02. The van der Waals surface area contributed by atoms with Gasteiger partial charge in [0, 0.05) is 35.5 Å². The Morgan fingerprint density at radius 2 is 1.93 bits per heavy atom. The maximum Gasteiger partial charge on any atom is 0.251 e. The second-order valence-corrected chi connectivity index (χ2v) is 8.85. The summed E-state index contributed by atoms with van der Waals surface area (Å²) >= 11 is 3.22. The normalized spacial score (nSPS) is 15.4. The number of hydrogen-bond donors (Lipinski definition) is 1. The van der Waals surface area contributed by atoms with E-state index < -0.39 is 26.6 Å². The summed E-state index contributed by atoms with van der Waals surface area (Å²) < 4.78 is 47.7. The van der Waals surface area contributed by atoms with E-state index in [1.54, 1.807) is 6.07 Å². The maximum absolute atomic E-state index is 14.2. The molecule has 8 nitrogen and oxygen atoms in total. The summed E-state index contributed by atoms with van der Waals surface area (Å²) in [5, 5.41) is 2.49. The van der Waals surface area contributed by atoms with Crippen LogP contribution in [0.25, 0.3) is 0 Å². The van der Waals surface area contributed by atoms with Crippen LogP contribution in [0.15, 0.2) is 50.7 Å². The molecule has 0 radical (unpaired) electrons. The van der Waals surface area contributed by atoms with Crippen LogP contribution in [0, 0.1) is 5.82 Å². The van der Waals surface area contributed by atoms with Gasteiger partial charge in [0.15, 0.2) is 0 Å². The van der Waals surface area contributed by atoms with Crippen LogP contribution >= 0.6 is 15.9 Å². The van der Waals surface area contributed by atoms with Crippen molar-refractivity contribution < 1.29 is 22.3 Å². The third-order valence-corrected chi connectivity index (χ3v) is 6.45. The van der Waals surface area contributed by atoms with Gasteiger partial charge >= 0.3 is 0 Å². The van der Waals surface area contributed by atoms with Crippen molar-refractivity contribution in [2.45, 2.75) is 11.4 Å². The highest BCUT2D eigenvalue weighted by Gasteiger charge is 2.29. The number of rotatable bonds is 5. The Bertz CT molecular complexity index is 1050. The highest BCUT2D eigenvalue weighted by Crippen LogP contribution is 2.24. The zero-order valence-electron chi connectivity index (χ0n) is 14.6. The summed E-state index contributed by atoms with van der Waals surface area (Å²) in [7, 11) is -4.06. The fraction of sp³-hybridized carbons (Fsp3) is 0.294. The Kier molecular flexibility index (Phi) is 6.28. The van der Waals surface area contributed by atoms with Crippen molar-refractivity contribution in [3.8, 4) is 0 Å². The van der Waals surface area contributed by atoms with Gasteiger partial charge in [-0.2, -0.15) is 4.31 Å². The summed E-state index contributed by atoms with van der Waals surface area (Å²) in [6.07, 6.45) is 1.46. The van der Waals surface area contributed by atoms with Crippen molar-refractivity contribution in [3.63, 3.8) is 0 Å². The van der Waals surface area contributed by atoms with Crippen molar-refractivity contribution >= 4 is 37.5 Å². The highest BCUT2D eigenvalue weighted by molar-refractivity contribution is 9.10. The first kappa shape index (κ1) is 20.6. The average Bonchev–Trinajstić information content (AvgIpc) is 2.67. The number of carbonyl (C=O) groups excluding carboxylic acids is 1. The molecule has 2 heterocycles. The molecule has 1 aliphatic heterocycles. The molecule has 1 aromatic heterocycles. The Morgan fingerprint density at radius 1 is 1.21 bits per heavy atom. The van der Waals surface area contributed by atoms with Gasteiger partial charge in [0.2, 0.25) is 15.9 Å². The van der Waals surface area contributed by atoms with Gasteiger partial charge in [-0.3, -0.25) is 9.59 Å². The first-order valence-corrected chi connectivity index (χ1v) is 10.5. The van der Waals surface area contributed by atoms with Crippen LogP contribution in [0.2, 0.25) is 0 Å². The number of anilines is 1. The van der Waals surface area contributed by atoms with Crippen LogP contribution < -0.4 is 10.9 Å². The predicted octanol–water partition coefficient (Wildman–Crippen LogP) is 1.41. The number of ether oxygens (including phenoxy) is 1. The van der Waals surface area contributed by atoms with E-state index in [-0.39, 0.29) is 44.1 Å². The van der Waals surface area contributed by atoms with E-state index in [4.69, 9.17) is 4.74 Å². The standard InChI is InChI=1S/C17H17BrFN3O5S/c18-12-1-4-17(24)21(10-12)11-16(23)20-13-2-3-14(19)15(9-13)28(25,26)22-5-7-27-8-6-22/h1-4,9-10H,5-8,11H2,(H,20,23). The van der Waals surface area contributed by atoms with Gasteiger partial charge in [0.1, 0.15) is 17.3 Å². The molecule has 11 heteroatoms. The van der Waals surface area contributed by atoms with Crippen LogP contribution in [0.5, 0.6) is 0 Å². The smallest absolute Gasteiger partial charge is 0.251 e.